The second kappa shape index (κ2) is 21.6. The minimum atomic E-state index is -1.48. The largest absolute Gasteiger partial charge is 0.479 e. The Morgan fingerprint density at radius 1 is 0.446 bits per heavy atom. The summed E-state index contributed by atoms with van der Waals surface area (Å²) in [7, 11) is -0.740. The van der Waals surface area contributed by atoms with Gasteiger partial charge < -0.3 is 14.2 Å². The predicted octanol–water partition coefficient (Wildman–Crippen LogP) is 17.5. The number of aryl methyl sites for hydroxylation is 3. The molecule has 3 nitrogen and oxygen atoms in total. The Bertz CT molecular complexity index is 4860. The van der Waals surface area contributed by atoms with Crippen LogP contribution in [0.2, 0.25) is 0 Å². The molecule has 0 atom stereocenters. The lowest BCUT2D eigenvalue weighted by atomic mass is 9.63. The van der Waals surface area contributed by atoms with Crippen LogP contribution in [0.1, 0.15) is 45.9 Å². The monoisotopic (exact) mass is 1060 g/mol. The zero-order valence-corrected chi connectivity index (χ0v) is 47.1. The van der Waals surface area contributed by atoms with Crippen LogP contribution >= 0.6 is 0 Å². The molecule has 0 heterocycles. The van der Waals surface area contributed by atoms with Crippen molar-refractivity contribution < 1.29 is 14.2 Å². The molecular formula is C77H58B3O3. The van der Waals surface area contributed by atoms with Crippen molar-refractivity contribution in [2.75, 3.05) is 0 Å². The fraction of sp³-hybridized carbons (Fsp3) is 0.0649. The summed E-state index contributed by atoms with van der Waals surface area (Å²) in [5, 5.41) is 28.6. The fourth-order valence-corrected chi connectivity index (χ4v) is 13.6. The maximum atomic E-state index is 13.5. The van der Waals surface area contributed by atoms with Crippen LogP contribution in [0, 0.1) is 20.8 Å². The van der Waals surface area contributed by atoms with Crippen molar-refractivity contribution in [3.05, 3.63) is 276 Å². The van der Waals surface area contributed by atoms with E-state index in [-0.39, 0.29) is 0 Å². The summed E-state index contributed by atoms with van der Waals surface area (Å²) in [6, 6.07) is 73.6. The molecule has 1 aliphatic rings. The summed E-state index contributed by atoms with van der Waals surface area (Å²) in [5.74, 6) is 0. The Labute approximate surface area is 486 Å². The van der Waals surface area contributed by atoms with E-state index in [1.807, 2.05) is 20.5 Å². The molecule has 0 saturated heterocycles. The molecule has 1 N–H and O–H groups in total. The second-order valence-corrected chi connectivity index (χ2v) is 22.0. The summed E-state index contributed by atoms with van der Waals surface area (Å²) in [6.07, 6.45) is 15.6. The minimum absolute atomic E-state index is 0.665. The van der Waals surface area contributed by atoms with E-state index in [1.54, 1.807) is 0 Å². The quantitative estimate of drug-likeness (QED) is 0.0979. The molecule has 0 fully saturated rings. The highest BCUT2D eigenvalue weighted by Crippen LogP contribution is 2.44. The van der Waals surface area contributed by atoms with Gasteiger partial charge in [-0.25, -0.2) is 0 Å². The Balaban J connectivity index is 1.01. The number of rotatable bonds is 12. The SMILES string of the molecule is C=Cc1c(/C=C\C)c(B(O[B]c2c3c(c(-c4ccc(C)c5ccccc45)c4ccccc24)C=CC=CC3)OB(O)c2c3ccccc3c(-c3ccc(C)c4ccccc34)c3ccccc23)c2ccccc2c1-c1ccc(C)c2ccccc12. The van der Waals surface area contributed by atoms with Gasteiger partial charge in [0.2, 0.25) is 0 Å². The molecule has 0 bridgehead atoms. The number of fused-ring (bicyclic) bond motifs is 8. The fourth-order valence-electron chi connectivity index (χ4n) is 13.6. The first-order valence-electron chi connectivity index (χ1n) is 28.8. The molecular weight excluding hydrogens is 1010 g/mol. The lowest BCUT2D eigenvalue weighted by Gasteiger charge is -2.27. The first-order valence-corrected chi connectivity index (χ1v) is 28.8. The number of benzene rings is 13. The second-order valence-electron chi connectivity index (χ2n) is 22.0. The molecule has 393 valence electrons. The molecule has 0 spiro atoms. The third-order valence-corrected chi connectivity index (χ3v) is 17.4. The topological polar surface area (TPSA) is 38.7 Å². The lowest BCUT2D eigenvalue weighted by molar-refractivity contribution is 0.393. The van der Waals surface area contributed by atoms with Gasteiger partial charge in [-0.3, -0.25) is 0 Å². The van der Waals surface area contributed by atoms with Crippen LogP contribution in [0.4, 0.5) is 0 Å². The van der Waals surface area contributed by atoms with Crippen molar-refractivity contribution in [2.45, 2.75) is 34.1 Å². The van der Waals surface area contributed by atoms with E-state index in [0.717, 1.165) is 104 Å². The van der Waals surface area contributed by atoms with Crippen LogP contribution in [-0.2, 0) is 15.6 Å². The van der Waals surface area contributed by atoms with Crippen LogP contribution in [-0.4, -0.2) is 26.7 Å². The Hall–Kier alpha value is -9.29. The van der Waals surface area contributed by atoms with Crippen molar-refractivity contribution in [1.82, 2.24) is 0 Å². The zero-order chi connectivity index (χ0) is 56.3. The highest BCUT2D eigenvalue weighted by molar-refractivity contribution is 6.81. The maximum Gasteiger partial charge on any atom is 0.479 e. The number of allylic oxidation sites excluding steroid dienone is 4. The average Bonchev–Trinajstić information content (AvgIpc) is 3.97. The van der Waals surface area contributed by atoms with E-state index in [1.165, 1.54) is 54.7 Å². The van der Waals surface area contributed by atoms with Gasteiger partial charge in [0.1, 0.15) is 0 Å². The third-order valence-electron chi connectivity index (χ3n) is 17.4. The van der Waals surface area contributed by atoms with Gasteiger partial charge in [0, 0.05) is 0 Å². The van der Waals surface area contributed by atoms with Gasteiger partial charge >= 0.3 is 21.7 Å². The van der Waals surface area contributed by atoms with E-state index in [0.29, 0.717) is 11.9 Å². The smallest absolute Gasteiger partial charge is 0.471 e. The van der Waals surface area contributed by atoms with Crippen molar-refractivity contribution in [3.8, 4) is 33.4 Å². The van der Waals surface area contributed by atoms with Crippen LogP contribution < -0.4 is 16.4 Å². The van der Waals surface area contributed by atoms with E-state index in [4.69, 9.17) is 9.14 Å². The maximum absolute atomic E-state index is 13.5. The number of hydrogen-bond acceptors (Lipinski definition) is 3. The molecule has 13 aromatic carbocycles. The van der Waals surface area contributed by atoms with Crippen molar-refractivity contribution in [1.29, 1.82) is 0 Å². The molecule has 6 heteroatoms. The summed E-state index contributed by atoms with van der Waals surface area (Å²) in [5.41, 5.74) is 16.9. The van der Waals surface area contributed by atoms with Gasteiger partial charge in [0.15, 0.2) is 0 Å². The van der Waals surface area contributed by atoms with E-state index >= 15 is 0 Å². The molecule has 0 saturated carbocycles. The molecule has 0 amide bonds. The molecule has 0 aromatic heterocycles. The highest BCUT2D eigenvalue weighted by atomic mass is 16.6. The van der Waals surface area contributed by atoms with Crippen LogP contribution in [0.3, 0.4) is 0 Å². The predicted molar refractivity (Wildman–Crippen MR) is 360 cm³/mol. The van der Waals surface area contributed by atoms with E-state index < -0.39 is 14.2 Å². The van der Waals surface area contributed by atoms with E-state index in [2.05, 4.69) is 270 Å². The number of hydrogen-bond donors (Lipinski definition) is 1. The average molecular weight is 1060 g/mol. The standard InChI is InChI=1S/C77H58B3O3/c1-6-25-68-51(7-2)72(63-45-42-48(3)52-26-11-14-29-55(52)63)62-36-20-24-41-71(62)77(68)80(82-78-75-66-37-10-8-9-32-58(66)73(59-33-17-21-38-67(59)75)64-46-43-49(4)53-27-12-15-30-56(53)64)83-79(81)76-69-39-22-18-34-60(69)74(61-35-19-23-40-70(61)76)65-47-44-50(5)54-28-13-16-31-57(54)65/h6-36,38-47,81H,2,37H2,1,3-5H3/b25-6-. The summed E-state index contributed by atoms with van der Waals surface area (Å²) >= 11 is 0. The molecule has 83 heavy (non-hydrogen) atoms. The first-order chi connectivity index (χ1) is 40.8. The van der Waals surface area contributed by atoms with E-state index in [9.17, 15) is 5.02 Å². The van der Waals surface area contributed by atoms with Crippen LogP contribution in [0.5, 0.6) is 0 Å². The molecule has 14 rings (SSSR count). The third kappa shape index (κ3) is 8.68. The van der Waals surface area contributed by atoms with Crippen molar-refractivity contribution in [3.63, 3.8) is 0 Å². The lowest BCUT2D eigenvalue weighted by Crippen LogP contribution is -2.50. The normalized spacial score (nSPS) is 12.3. The van der Waals surface area contributed by atoms with Crippen LogP contribution in [0.15, 0.2) is 237 Å². The minimum Gasteiger partial charge on any atom is -0.471 e. The van der Waals surface area contributed by atoms with Gasteiger partial charge in [0.25, 0.3) is 0 Å². The van der Waals surface area contributed by atoms with Crippen molar-refractivity contribution >= 4 is 132 Å². The molecule has 0 unspecified atom stereocenters. The summed E-state index contributed by atoms with van der Waals surface area (Å²) in [4.78, 5) is 0. The Morgan fingerprint density at radius 2 is 0.855 bits per heavy atom. The molecule has 1 radical (unpaired) electrons. The van der Waals surface area contributed by atoms with Crippen LogP contribution in [0.25, 0.3) is 127 Å². The van der Waals surface area contributed by atoms with Gasteiger partial charge in [-0.2, -0.15) is 0 Å². The zero-order valence-electron chi connectivity index (χ0n) is 47.1. The van der Waals surface area contributed by atoms with Crippen molar-refractivity contribution in [2.24, 2.45) is 0 Å². The molecule has 13 aromatic rings. The summed E-state index contributed by atoms with van der Waals surface area (Å²) in [6.45, 7) is 13.1. The van der Waals surface area contributed by atoms with Gasteiger partial charge in [-0.05, 0) is 198 Å². The summed E-state index contributed by atoms with van der Waals surface area (Å²) < 4.78 is 15.0. The highest BCUT2D eigenvalue weighted by Gasteiger charge is 2.37. The Kier molecular flexibility index (Phi) is 13.5. The molecule has 1 aliphatic carbocycles. The van der Waals surface area contributed by atoms with Gasteiger partial charge in [0.05, 0.1) is 0 Å². The van der Waals surface area contributed by atoms with Gasteiger partial charge in [-0.15, -0.1) is 0 Å². The first kappa shape index (κ1) is 51.8. The molecule has 0 aliphatic heterocycles. The van der Waals surface area contributed by atoms with Gasteiger partial charge in [-0.1, -0.05) is 255 Å². The Morgan fingerprint density at radius 3 is 1.35 bits per heavy atom.